The molecule has 0 aliphatic heterocycles. The van der Waals surface area contributed by atoms with Gasteiger partial charge in [-0.15, -0.1) is 0 Å². The molecule has 0 saturated carbocycles. The lowest BCUT2D eigenvalue weighted by Crippen LogP contribution is -2.25. The van der Waals surface area contributed by atoms with Crippen LogP contribution in [-0.2, 0) is 35.2 Å². The number of aryl methyl sites for hydroxylation is 1. The normalized spacial score (nSPS) is 16.6. The minimum atomic E-state index is -4.42. The second-order valence-corrected chi connectivity index (χ2v) is 6.44. The SMILES string of the molecule is O=C(O)COC1CCc2cc(OCc3ccccc3C(F)(F)F)ccc2C1. The first-order chi connectivity index (χ1) is 12.8. The quantitative estimate of drug-likeness (QED) is 0.814. The van der Waals surface area contributed by atoms with E-state index in [4.69, 9.17) is 14.6 Å². The summed E-state index contributed by atoms with van der Waals surface area (Å²) in [6.07, 6.45) is -2.55. The molecule has 0 radical (unpaired) electrons. The molecule has 1 N–H and O–H groups in total. The molecule has 144 valence electrons. The van der Waals surface area contributed by atoms with Gasteiger partial charge < -0.3 is 14.6 Å². The summed E-state index contributed by atoms with van der Waals surface area (Å²) < 4.78 is 50.1. The fraction of sp³-hybridized carbons (Fsp3) is 0.350. The maximum absolute atomic E-state index is 13.0. The number of hydrogen-bond acceptors (Lipinski definition) is 3. The van der Waals surface area contributed by atoms with E-state index in [1.807, 2.05) is 12.1 Å². The number of carbonyl (C=O) groups is 1. The lowest BCUT2D eigenvalue weighted by atomic mass is 9.89. The third kappa shape index (κ3) is 5.01. The predicted molar refractivity (Wildman–Crippen MR) is 91.6 cm³/mol. The summed E-state index contributed by atoms with van der Waals surface area (Å²) in [6.45, 7) is -0.487. The molecular weight excluding hydrogens is 361 g/mol. The van der Waals surface area contributed by atoms with Crippen molar-refractivity contribution in [3.05, 3.63) is 64.7 Å². The molecule has 1 aliphatic rings. The van der Waals surface area contributed by atoms with E-state index in [2.05, 4.69) is 0 Å². The first-order valence-electron chi connectivity index (χ1n) is 8.56. The molecule has 0 heterocycles. The summed E-state index contributed by atoms with van der Waals surface area (Å²) in [5.74, 6) is -0.487. The number of alkyl halides is 3. The number of aliphatic carboxylic acids is 1. The number of carboxylic acids is 1. The minimum Gasteiger partial charge on any atom is -0.489 e. The van der Waals surface area contributed by atoms with Crippen LogP contribution < -0.4 is 4.74 Å². The molecule has 27 heavy (non-hydrogen) atoms. The Hall–Kier alpha value is -2.54. The Morgan fingerprint density at radius 3 is 2.67 bits per heavy atom. The average molecular weight is 380 g/mol. The lowest BCUT2D eigenvalue weighted by Gasteiger charge is -2.24. The summed E-state index contributed by atoms with van der Waals surface area (Å²) in [4.78, 5) is 10.6. The van der Waals surface area contributed by atoms with Crippen molar-refractivity contribution in [2.75, 3.05) is 6.61 Å². The zero-order chi connectivity index (χ0) is 19.4. The molecule has 0 saturated heterocycles. The van der Waals surface area contributed by atoms with Gasteiger partial charge in [0.1, 0.15) is 19.0 Å². The molecule has 2 aromatic rings. The Labute approximate surface area is 154 Å². The highest BCUT2D eigenvalue weighted by molar-refractivity contribution is 5.68. The Bertz CT molecular complexity index is 817. The van der Waals surface area contributed by atoms with Gasteiger partial charge in [-0.25, -0.2) is 4.79 Å². The van der Waals surface area contributed by atoms with Gasteiger partial charge in [-0.3, -0.25) is 0 Å². The molecule has 1 unspecified atom stereocenters. The van der Waals surface area contributed by atoms with E-state index in [-0.39, 0.29) is 24.9 Å². The van der Waals surface area contributed by atoms with Gasteiger partial charge >= 0.3 is 12.1 Å². The van der Waals surface area contributed by atoms with Crippen LogP contribution in [0.25, 0.3) is 0 Å². The fourth-order valence-corrected chi connectivity index (χ4v) is 3.20. The highest BCUT2D eigenvalue weighted by Gasteiger charge is 2.33. The number of benzene rings is 2. The highest BCUT2D eigenvalue weighted by atomic mass is 19.4. The molecule has 1 aliphatic carbocycles. The van der Waals surface area contributed by atoms with Crippen LogP contribution in [0.4, 0.5) is 13.2 Å². The summed E-state index contributed by atoms with van der Waals surface area (Å²) in [5.41, 5.74) is 1.48. The predicted octanol–water partition coefficient (Wildman–Crippen LogP) is 4.24. The first-order valence-corrected chi connectivity index (χ1v) is 8.56. The second kappa shape index (κ2) is 8.00. The molecule has 0 spiro atoms. The number of rotatable bonds is 6. The van der Waals surface area contributed by atoms with Gasteiger partial charge in [-0.2, -0.15) is 13.2 Å². The van der Waals surface area contributed by atoms with Crippen molar-refractivity contribution in [2.24, 2.45) is 0 Å². The van der Waals surface area contributed by atoms with Gasteiger partial charge in [0.2, 0.25) is 0 Å². The second-order valence-electron chi connectivity index (χ2n) is 6.44. The summed E-state index contributed by atoms with van der Waals surface area (Å²) in [6, 6.07) is 10.8. The van der Waals surface area contributed by atoms with Crippen LogP contribution in [0.3, 0.4) is 0 Å². The van der Waals surface area contributed by atoms with Crippen LogP contribution in [-0.4, -0.2) is 23.8 Å². The van der Waals surface area contributed by atoms with Crippen molar-refractivity contribution in [1.82, 2.24) is 0 Å². The van der Waals surface area contributed by atoms with Crippen molar-refractivity contribution >= 4 is 5.97 Å². The maximum atomic E-state index is 13.0. The standard InChI is InChI=1S/C20H19F3O4/c21-20(22,23)18-4-2-1-3-15(18)11-26-16-7-5-14-10-17(27-12-19(24)25)8-6-13(14)9-16/h1-5,7,9,17H,6,8,10-12H2,(H,24,25). The van der Waals surface area contributed by atoms with Crippen molar-refractivity contribution < 1.29 is 32.5 Å². The van der Waals surface area contributed by atoms with Gasteiger partial charge in [-0.1, -0.05) is 24.3 Å². The van der Waals surface area contributed by atoms with Crippen LogP contribution in [0.1, 0.15) is 28.7 Å². The fourth-order valence-electron chi connectivity index (χ4n) is 3.20. The van der Waals surface area contributed by atoms with Crippen molar-refractivity contribution in [1.29, 1.82) is 0 Å². The highest BCUT2D eigenvalue weighted by Crippen LogP contribution is 2.33. The van der Waals surface area contributed by atoms with Gasteiger partial charge in [0, 0.05) is 5.56 Å². The van der Waals surface area contributed by atoms with Crippen LogP contribution in [0.15, 0.2) is 42.5 Å². The van der Waals surface area contributed by atoms with Crippen LogP contribution in [0.2, 0.25) is 0 Å². The Morgan fingerprint density at radius 2 is 1.93 bits per heavy atom. The first kappa shape index (κ1) is 19.2. The molecule has 4 nitrogen and oxygen atoms in total. The largest absolute Gasteiger partial charge is 0.489 e. The van der Waals surface area contributed by atoms with Crippen molar-refractivity contribution in [3.63, 3.8) is 0 Å². The molecule has 1 atom stereocenters. The Kier molecular flexibility index (Phi) is 5.70. The third-order valence-corrected chi connectivity index (χ3v) is 4.52. The van der Waals surface area contributed by atoms with Crippen LogP contribution >= 0.6 is 0 Å². The maximum Gasteiger partial charge on any atom is 0.416 e. The molecule has 3 rings (SSSR count). The number of ether oxygens (including phenoxy) is 2. The smallest absolute Gasteiger partial charge is 0.416 e. The topological polar surface area (TPSA) is 55.8 Å². The number of hydrogen-bond donors (Lipinski definition) is 1. The van der Waals surface area contributed by atoms with Gasteiger partial charge in [-0.05, 0) is 48.6 Å². The van der Waals surface area contributed by atoms with Crippen molar-refractivity contribution in [3.8, 4) is 5.75 Å². The van der Waals surface area contributed by atoms with E-state index in [1.54, 1.807) is 12.1 Å². The monoisotopic (exact) mass is 380 g/mol. The third-order valence-electron chi connectivity index (χ3n) is 4.52. The summed E-state index contributed by atoms with van der Waals surface area (Å²) in [5, 5.41) is 8.69. The summed E-state index contributed by atoms with van der Waals surface area (Å²) in [7, 11) is 0. The van der Waals surface area contributed by atoms with E-state index in [0.29, 0.717) is 25.0 Å². The number of fused-ring (bicyclic) bond motifs is 1. The molecule has 7 heteroatoms. The Balaban J connectivity index is 1.65. The van der Waals surface area contributed by atoms with Gasteiger partial charge in [0.15, 0.2) is 0 Å². The molecule has 0 amide bonds. The molecule has 0 bridgehead atoms. The van der Waals surface area contributed by atoms with Crippen LogP contribution in [0, 0.1) is 0 Å². The Morgan fingerprint density at radius 1 is 1.15 bits per heavy atom. The molecule has 0 aromatic heterocycles. The van der Waals surface area contributed by atoms with Gasteiger partial charge in [0.25, 0.3) is 0 Å². The van der Waals surface area contributed by atoms with E-state index in [0.717, 1.165) is 17.2 Å². The molecule has 2 aromatic carbocycles. The van der Waals surface area contributed by atoms with E-state index in [9.17, 15) is 18.0 Å². The zero-order valence-electron chi connectivity index (χ0n) is 14.5. The lowest BCUT2D eigenvalue weighted by molar-refractivity contribution is -0.144. The van der Waals surface area contributed by atoms with E-state index in [1.165, 1.54) is 12.1 Å². The van der Waals surface area contributed by atoms with E-state index >= 15 is 0 Å². The summed E-state index contributed by atoms with van der Waals surface area (Å²) >= 11 is 0. The molecular formula is C20H19F3O4. The zero-order valence-corrected chi connectivity index (χ0v) is 14.5. The minimum absolute atomic E-state index is 0.0878. The molecule has 0 fully saturated rings. The average Bonchev–Trinajstić information content (AvgIpc) is 2.64. The van der Waals surface area contributed by atoms with Crippen LogP contribution in [0.5, 0.6) is 5.75 Å². The van der Waals surface area contributed by atoms with E-state index < -0.39 is 17.7 Å². The number of carboxylic acid groups (broad SMARTS) is 1. The van der Waals surface area contributed by atoms with Crippen molar-refractivity contribution in [2.45, 2.75) is 38.1 Å². The number of halogens is 3. The van der Waals surface area contributed by atoms with Gasteiger partial charge in [0.05, 0.1) is 11.7 Å².